The lowest BCUT2D eigenvalue weighted by molar-refractivity contribution is -0.122. The maximum atomic E-state index is 12.9. The van der Waals surface area contributed by atoms with Gasteiger partial charge in [-0.1, -0.05) is 62.7 Å². The van der Waals surface area contributed by atoms with Gasteiger partial charge in [-0.25, -0.2) is 8.42 Å². The number of sulfonamides is 1. The summed E-state index contributed by atoms with van der Waals surface area (Å²) < 4.78 is 27.3. The first-order chi connectivity index (χ1) is 13.8. The van der Waals surface area contributed by atoms with Crippen LogP contribution in [0, 0.1) is 0 Å². The van der Waals surface area contributed by atoms with Crippen LogP contribution < -0.4 is 5.32 Å². The predicted octanol–water partition coefficient (Wildman–Crippen LogP) is 3.85. The summed E-state index contributed by atoms with van der Waals surface area (Å²) in [5.41, 5.74) is 1.63. The normalized spacial score (nSPS) is 15.8. The Morgan fingerprint density at radius 1 is 1.00 bits per heavy atom. The third-order valence-electron chi connectivity index (χ3n) is 5.50. The SMILES string of the molecule is CC(C)(CC(=O)NCc1cccc(S(=O)(=O)N2CCCCC2)c1)c1ccccc1. The van der Waals surface area contributed by atoms with Gasteiger partial charge in [0.05, 0.1) is 4.90 Å². The summed E-state index contributed by atoms with van der Waals surface area (Å²) in [7, 11) is -3.47. The van der Waals surface area contributed by atoms with E-state index < -0.39 is 10.0 Å². The fourth-order valence-electron chi connectivity index (χ4n) is 3.73. The summed E-state index contributed by atoms with van der Waals surface area (Å²) in [5.74, 6) is -0.0526. The molecule has 2 aromatic rings. The second-order valence-electron chi connectivity index (χ2n) is 8.32. The average molecular weight is 415 g/mol. The molecule has 0 aromatic heterocycles. The van der Waals surface area contributed by atoms with Gasteiger partial charge in [0, 0.05) is 26.1 Å². The molecule has 29 heavy (non-hydrogen) atoms. The van der Waals surface area contributed by atoms with E-state index in [0.29, 0.717) is 31.0 Å². The van der Waals surface area contributed by atoms with E-state index in [9.17, 15) is 13.2 Å². The van der Waals surface area contributed by atoms with Crippen LogP contribution in [0.1, 0.15) is 50.7 Å². The van der Waals surface area contributed by atoms with E-state index in [1.165, 1.54) is 0 Å². The summed E-state index contributed by atoms with van der Waals surface area (Å²) >= 11 is 0. The Bertz CT molecular complexity index is 934. The minimum atomic E-state index is -3.47. The van der Waals surface area contributed by atoms with E-state index in [0.717, 1.165) is 30.4 Å². The topological polar surface area (TPSA) is 66.5 Å². The number of nitrogens with zero attached hydrogens (tertiary/aromatic N) is 1. The number of amides is 1. The highest BCUT2D eigenvalue weighted by Gasteiger charge is 2.26. The molecule has 0 radical (unpaired) electrons. The van der Waals surface area contributed by atoms with Crippen LogP contribution in [0.3, 0.4) is 0 Å². The lowest BCUT2D eigenvalue weighted by Gasteiger charge is -2.26. The molecule has 1 aliphatic rings. The molecule has 3 rings (SSSR count). The number of benzene rings is 2. The molecule has 0 spiro atoms. The van der Waals surface area contributed by atoms with Crippen LogP contribution in [0.5, 0.6) is 0 Å². The Kier molecular flexibility index (Phi) is 6.75. The number of carbonyl (C=O) groups is 1. The van der Waals surface area contributed by atoms with Crippen molar-refractivity contribution in [2.75, 3.05) is 13.1 Å². The zero-order valence-corrected chi connectivity index (χ0v) is 18.0. The lowest BCUT2D eigenvalue weighted by atomic mass is 9.81. The van der Waals surface area contributed by atoms with Gasteiger partial charge in [0.25, 0.3) is 0 Å². The van der Waals surface area contributed by atoms with Gasteiger partial charge in [-0.15, -0.1) is 0 Å². The van der Waals surface area contributed by atoms with Crippen molar-refractivity contribution in [2.24, 2.45) is 0 Å². The molecular weight excluding hydrogens is 384 g/mol. The van der Waals surface area contributed by atoms with Crippen LogP contribution in [0.15, 0.2) is 59.5 Å². The predicted molar refractivity (Wildman–Crippen MR) is 115 cm³/mol. The highest BCUT2D eigenvalue weighted by molar-refractivity contribution is 7.89. The summed E-state index contributed by atoms with van der Waals surface area (Å²) in [4.78, 5) is 12.8. The van der Waals surface area contributed by atoms with Crippen LogP contribution in [0.4, 0.5) is 0 Å². The number of rotatable bonds is 7. The quantitative estimate of drug-likeness (QED) is 0.748. The van der Waals surface area contributed by atoms with Crippen molar-refractivity contribution in [1.29, 1.82) is 0 Å². The first kappa shape index (κ1) is 21.5. The highest BCUT2D eigenvalue weighted by Crippen LogP contribution is 2.26. The van der Waals surface area contributed by atoms with Gasteiger partial charge < -0.3 is 5.32 Å². The van der Waals surface area contributed by atoms with Crippen molar-refractivity contribution in [1.82, 2.24) is 9.62 Å². The smallest absolute Gasteiger partial charge is 0.243 e. The molecule has 0 aliphatic carbocycles. The van der Waals surface area contributed by atoms with E-state index in [4.69, 9.17) is 0 Å². The van der Waals surface area contributed by atoms with Crippen molar-refractivity contribution in [3.8, 4) is 0 Å². The molecule has 1 aliphatic heterocycles. The number of hydrogen-bond donors (Lipinski definition) is 1. The van der Waals surface area contributed by atoms with Gasteiger partial charge in [-0.05, 0) is 41.5 Å². The van der Waals surface area contributed by atoms with Crippen LogP contribution in [0.25, 0.3) is 0 Å². The Labute approximate surface area is 174 Å². The first-order valence-electron chi connectivity index (χ1n) is 10.2. The van der Waals surface area contributed by atoms with Crippen molar-refractivity contribution < 1.29 is 13.2 Å². The fourth-order valence-corrected chi connectivity index (χ4v) is 5.31. The van der Waals surface area contributed by atoms with E-state index in [1.54, 1.807) is 22.5 Å². The molecule has 1 fully saturated rings. The Morgan fingerprint density at radius 2 is 1.69 bits per heavy atom. The first-order valence-corrected chi connectivity index (χ1v) is 11.6. The third kappa shape index (κ3) is 5.46. The van der Waals surface area contributed by atoms with E-state index in [2.05, 4.69) is 5.32 Å². The van der Waals surface area contributed by atoms with Gasteiger partial charge in [-0.3, -0.25) is 4.79 Å². The molecule has 1 saturated heterocycles. The van der Waals surface area contributed by atoms with Gasteiger partial charge in [0.15, 0.2) is 0 Å². The Hall–Kier alpha value is -2.18. The fraction of sp³-hybridized carbons (Fsp3) is 0.435. The van der Waals surface area contributed by atoms with Crippen molar-refractivity contribution >= 4 is 15.9 Å². The van der Waals surface area contributed by atoms with Gasteiger partial charge in [0.1, 0.15) is 0 Å². The molecule has 2 aromatic carbocycles. The van der Waals surface area contributed by atoms with Crippen LogP contribution in [0.2, 0.25) is 0 Å². The number of carbonyl (C=O) groups excluding carboxylic acids is 1. The molecule has 156 valence electrons. The molecular formula is C23H30N2O3S. The Balaban J connectivity index is 1.62. The second-order valence-corrected chi connectivity index (χ2v) is 10.3. The summed E-state index contributed by atoms with van der Waals surface area (Å²) in [6, 6.07) is 16.9. The summed E-state index contributed by atoms with van der Waals surface area (Å²) in [6.45, 7) is 5.57. The van der Waals surface area contributed by atoms with Crippen LogP contribution >= 0.6 is 0 Å². The maximum absolute atomic E-state index is 12.9. The molecule has 0 saturated carbocycles. The molecule has 1 heterocycles. The molecule has 0 unspecified atom stereocenters. The molecule has 0 atom stereocenters. The van der Waals surface area contributed by atoms with E-state index in [-0.39, 0.29) is 11.3 Å². The third-order valence-corrected chi connectivity index (χ3v) is 7.39. The zero-order chi connectivity index (χ0) is 20.9. The monoisotopic (exact) mass is 414 g/mol. The zero-order valence-electron chi connectivity index (χ0n) is 17.2. The molecule has 5 nitrogen and oxygen atoms in total. The minimum absolute atomic E-state index is 0.0526. The van der Waals surface area contributed by atoms with Crippen molar-refractivity contribution in [3.63, 3.8) is 0 Å². The van der Waals surface area contributed by atoms with E-state index >= 15 is 0 Å². The number of piperidine rings is 1. The summed E-state index contributed by atoms with van der Waals surface area (Å²) in [5, 5.41) is 2.94. The largest absolute Gasteiger partial charge is 0.352 e. The van der Waals surface area contributed by atoms with Gasteiger partial charge in [0.2, 0.25) is 15.9 Å². The molecule has 6 heteroatoms. The van der Waals surface area contributed by atoms with E-state index in [1.807, 2.05) is 50.2 Å². The average Bonchev–Trinajstić information content (AvgIpc) is 2.73. The molecule has 1 amide bonds. The van der Waals surface area contributed by atoms with Gasteiger partial charge in [-0.2, -0.15) is 4.31 Å². The van der Waals surface area contributed by atoms with Gasteiger partial charge >= 0.3 is 0 Å². The number of nitrogens with one attached hydrogen (secondary N) is 1. The highest BCUT2D eigenvalue weighted by atomic mass is 32.2. The summed E-state index contributed by atoms with van der Waals surface area (Å²) in [6.07, 6.45) is 3.26. The van der Waals surface area contributed by atoms with Crippen molar-refractivity contribution in [3.05, 3.63) is 65.7 Å². The molecule has 1 N–H and O–H groups in total. The Morgan fingerprint density at radius 3 is 2.38 bits per heavy atom. The van der Waals surface area contributed by atoms with Crippen LogP contribution in [-0.4, -0.2) is 31.7 Å². The standard InChI is InChI=1S/C23H30N2O3S/c1-23(2,20-11-5-3-6-12-20)17-22(26)24-18-19-10-9-13-21(16-19)29(27,28)25-14-7-4-8-15-25/h3,5-6,9-13,16H,4,7-8,14-15,17-18H2,1-2H3,(H,24,26). The second kappa shape index (κ2) is 9.09. The minimum Gasteiger partial charge on any atom is -0.352 e. The lowest BCUT2D eigenvalue weighted by Crippen LogP contribution is -2.35. The maximum Gasteiger partial charge on any atom is 0.243 e. The number of hydrogen-bond acceptors (Lipinski definition) is 3. The molecule has 0 bridgehead atoms. The van der Waals surface area contributed by atoms with Crippen LogP contribution in [-0.2, 0) is 26.8 Å². The van der Waals surface area contributed by atoms with Crippen molar-refractivity contribution in [2.45, 2.75) is 56.4 Å².